The Morgan fingerprint density at radius 3 is 3.00 bits per heavy atom. The van der Waals surface area contributed by atoms with E-state index >= 15 is 0 Å². The zero-order chi connectivity index (χ0) is 13.4. The van der Waals surface area contributed by atoms with Crippen LogP contribution in [0, 0.1) is 6.92 Å². The maximum Gasteiger partial charge on any atom is 0.322 e. The smallest absolute Gasteiger partial charge is 0.322 e. The van der Waals surface area contributed by atoms with Crippen LogP contribution in [0.2, 0.25) is 0 Å². The summed E-state index contributed by atoms with van der Waals surface area (Å²) in [6.07, 6.45) is 4.35. The highest BCUT2D eigenvalue weighted by Crippen LogP contribution is 2.14. The molecule has 2 N–H and O–H groups in total. The Hall–Kier alpha value is -1.07. The van der Waals surface area contributed by atoms with Crippen molar-refractivity contribution in [2.24, 2.45) is 5.73 Å². The Kier molecular flexibility index (Phi) is 6.75. The van der Waals surface area contributed by atoms with E-state index < -0.39 is 6.04 Å². The Labute approximate surface area is 112 Å². The summed E-state index contributed by atoms with van der Waals surface area (Å²) in [7, 11) is 0. The molecule has 1 rings (SSSR count). The highest BCUT2D eigenvalue weighted by atomic mass is 32.2. The third-order valence-corrected chi connectivity index (χ3v) is 3.42. The summed E-state index contributed by atoms with van der Waals surface area (Å²) in [5, 5.41) is 0. The highest BCUT2D eigenvalue weighted by molar-refractivity contribution is 7.98. The van der Waals surface area contributed by atoms with Gasteiger partial charge in [0.1, 0.15) is 6.04 Å². The summed E-state index contributed by atoms with van der Waals surface area (Å²) in [5.74, 6) is 1.42. The van der Waals surface area contributed by atoms with E-state index in [1.165, 1.54) is 5.56 Å². The standard InChI is InChI=1S/C13H20N2O2S/c1-3-17-13(16)12(14)4-5-18-9-11-6-10(2)7-15-8-11/h6-8,12H,3-5,9,14H2,1-2H3. The maximum absolute atomic E-state index is 11.3. The number of pyridine rings is 1. The number of hydrogen-bond acceptors (Lipinski definition) is 5. The van der Waals surface area contributed by atoms with Crippen LogP contribution in [0.1, 0.15) is 24.5 Å². The van der Waals surface area contributed by atoms with Crippen LogP contribution in [0.4, 0.5) is 0 Å². The molecule has 0 saturated carbocycles. The van der Waals surface area contributed by atoms with Gasteiger partial charge >= 0.3 is 5.97 Å². The fourth-order valence-electron chi connectivity index (χ4n) is 1.46. The van der Waals surface area contributed by atoms with Gasteiger partial charge in [-0.1, -0.05) is 6.07 Å². The van der Waals surface area contributed by atoms with Crippen molar-refractivity contribution in [1.29, 1.82) is 0 Å². The first-order valence-electron chi connectivity index (χ1n) is 6.04. The second-order valence-electron chi connectivity index (χ2n) is 4.07. The van der Waals surface area contributed by atoms with Crippen molar-refractivity contribution >= 4 is 17.7 Å². The molecule has 1 atom stereocenters. The van der Waals surface area contributed by atoms with Gasteiger partial charge in [-0.3, -0.25) is 9.78 Å². The van der Waals surface area contributed by atoms with Crippen LogP contribution in [0.15, 0.2) is 18.5 Å². The summed E-state index contributed by atoms with van der Waals surface area (Å²) in [4.78, 5) is 15.4. The molecule has 1 unspecified atom stereocenters. The number of nitrogens with zero attached hydrogens (tertiary/aromatic N) is 1. The molecule has 0 aliphatic rings. The second-order valence-corrected chi connectivity index (χ2v) is 5.18. The first-order chi connectivity index (χ1) is 8.63. The lowest BCUT2D eigenvalue weighted by atomic mass is 10.2. The fraction of sp³-hybridized carbons (Fsp3) is 0.538. The number of carbonyl (C=O) groups is 1. The highest BCUT2D eigenvalue weighted by Gasteiger charge is 2.13. The van der Waals surface area contributed by atoms with Crippen LogP contribution in [0.3, 0.4) is 0 Å². The summed E-state index contributed by atoms with van der Waals surface area (Å²) in [6.45, 7) is 4.19. The Morgan fingerprint density at radius 2 is 2.33 bits per heavy atom. The first-order valence-corrected chi connectivity index (χ1v) is 7.19. The Balaban J connectivity index is 2.20. The maximum atomic E-state index is 11.3. The number of nitrogens with two attached hydrogens (primary N) is 1. The summed E-state index contributed by atoms with van der Waals surface area (Å²) in [5.41, 5.74) is 8.07. The molecule has 0 aromatic carbocycles. The minimum Gasteiger partial charge on any atom is -0.465 e. The molecule has 0 aliphatic heterocycles. The van der Waals surface area contributed by atoms with Crippen LogP contribution in [-0.2, 0) is 15.3 Å². The number of esters is 1. The Morgan fingerprint density at radius 1 is 1.56 bits per heavy atom. The monoisotopic (exact) mass is 268 g/mol. The van der Waals surface area contributed by atoms with Gasteiger partial charge < -0.3 is 10.5 Å². The van der Waals surface area contributed by atoms with Gasteiger partial charge in [0.25, 0.3) is 0 Å². The van der Waals surface area contributed by atoms with Crippen molar-refractivity contribution in [1.82, 2.24) is 4.98 Å². The van der Waals surface area contributed by atoms with E-state index in [-0.39, 0.29) is 5.97 Å². The largest absolute Gasteiger partial charge is 0.465 e. The predicted octanol–water partition coefficient (Wildman–Crippen LogP) is 1.90. The first kappa shape index (κ1) is 15.0. The van der Waals surface area contributed by atoms with Crippen LogP contribution in [-0.4, -0.2) is 29.4 Å². The molecule has 4 nitrogen and oxygen atoms in total. The molecule has 1 aromatic heterocycles. The van der Waals surface area contributed by atoms with Crippen molar-refractivity contribution < 1.29 is 9.53 Å². The van der Waals surface area contributed by atoms with Crippen LogP contribution >= 0.6 is 11.8 Å². The average Bonchev–Trinajstić information content (AvgIpc) is 2.35. The van der Waals surface area contributed by atoms with Gasteiger partial charge in [-0.15, -0.1) is 0 Å². The van der Waals surface area contributed by atoms with E-state index in [0.29, 0.717) is 13.0 Å². The summed E-state index contributed by atoms with van der Waals surface area (Å²) < 4.78 is 4.85. The van der Waals surface area contributed by atoms with Crippen molar-refractivity contribution in [2.45, 2.75) is 32.1 Å². The van der Waals surface area contributed by atoms with Gasteiger partial charge in [0, 0.05) is 18.1 Å². The normalized spacial score (nSPS) is 12.2. The molecule has 1 aromatic rings. The minimum atomic E-state index is -0.506. The number of thioether (sulfide) groups is 1. The molecule has 0 bridgehead atoms. The van der Waals surface area contributed by atoms with E-state index in [2.05, 4.69) is 11.1 Å². The Bertz CT molecular complexity index is 385. The number of rotatable bonds is 7. The summed E-state index contributed by atoms with van der Waals surface area (Å²) in [6, 6.07) is 1.61. The predicted molar refractivity (Wildman–Crippen MR) is 74.4 cm³/mol. The molecule has 0 spiro atoms. The quantitative estimate of drug-likeness (QED) is 0.604. The molecular formula is C13H20N2O2S. The summed E-state index contributed by atoms with van der Waals surface area (Å²) >= 11 is 1.75. The molecule has 5 heteroatoms. The van der Waals surface area contributed by atoms with Gasteiger partial charge in [0.05, 0.1) is 6.61 Å². The van der Waals surface area contributed by atoms with Gasteiger partial charge in [-0.2, -0.15) is 11.8 Å². The fourth-order valence-corrected chi connectivity index (χ4v) is 2.42. The lowest BCUT2D eigenvalue weighted by Crippen LogP contribution is -2.32. The average molecular weight is 268 g/mol. The molecule has 100 valence electrons. The van der Waals surface area contributed by atoms with Crippen LogP contribution in [0.25, 0.3) is 0 Å². The van der Waals surface area contributed by atoms with Crippen molar-refractivity contribution in [3.05, 3.63) is 29.6 Å². The molecule has 1 heterocycles. The number of aryl methyl sites for hydroxylation is 1. The lowest BCUT2D eigenvalue weighted by Gasteiger charge is -2.09. The molecule has 0 amide bonds. The van der Waals surface area contributed by atoms with E-state index in [1.54, 1.807) is 18.7 Å². The zero-order valence-corrected chi connectivity index (χ0v) is 11.7. The van der Waals surface area contributed by atoms with Crippen LogP contribution < -0.4 is 5.73 Å². The third kappa shape index (κ3) is 5.51. The lowest BCUT2D eigenvalue weighted by molar-refractivity contribution is -0.144. The van der Waals surface area contributed by atoms with Crippen molar-refractivity contribution in [3.8, 4) is 0 Å². The molecule has 0 aliphatic carbocycles. The molecular weight excluding hydrogens is 248 g/mol. The van der Waals surface area contributed by atoms with Crippen molar-refractivity contribution in [3.63, 3.8) is 0 Å². The number of aromatic nitrogens is 1. The molecule has 18 heavy (non-hydrogen) atoms. The number of carbonyl (C=O) groups excluding carboxylic acids is 1. The number of ether oxygens (including phenoxy) is 1. The van der Waals surface area contributed by atoms with Gasteiger partial charge in [0.15, 0.2) is 0 Å². The SMILES string of the molecule is CCOC(=O)C(N)CCSCc1cncc(C)c1. The zero-order valence-electron chi connectivity index (χ0n) is 10.9. The number of hydrogen-bond donors (Lipinski definition) is 1. The van der Waals surface area contributed by atoms with Crippen molar-refractivity contribution in [2.75, 3.05) is 12.4 Å². The topological polar surface area (TPSA) is 65.2 Å². The van der Waals surface area contributed by atoms with E-state index in [1.807, 2.05) is 19.3 Å². The second kappa shape index (κ2) is 8.11. The van der Waals surface area contributed by atoms with E-state index in [0.717, 1.165) is 17.1 Å². The van der Waals surface area contributed by atoms with Gasteiger partial charge in [-0.05, 0) is 37.1 Å². The third-order valence-electron chi connectivity index (χ3n) is 2.36. The van der Waals surface area contributed by atoms with Gasteiger partial charge in [-0.25, -0.2) is 0 Å². The van der Waals surface area contributed by atoms with E-state index in [9.17, 15) is 4.79 Å². The molecule has 0 radical (unpaired) electrons. The van der Waals surface area contributed by atoms with E-state index in [4.69, 9.17) is 10.5 Å². The van der Waals surface area contributed by atoms with Gasteiger partial charge in [0.2, 0.25) is 0 Å². The minimum absolute atomic E-state index is 0.310. The van der Waals surface area contributed by atoms with Crippen LogP contribution in [0.5, 0.6) is 0 Å². The molecule has 0 fully saturated rings. The molecule has 0 saturated heterocycles.